The molecular weight excluding hydrogens is 284 g/mol. The lowest BCUT2D eigenvalue weighted by molar-refractivity contribution is 0.0696. The number of hydrogen-bond donors (Lipinski definition) is 3. The number of urea groups is 1. The number of Topliss-reactive ketones (excluding diaryl/α,β-unsaturated/α-hetero) is 1. The summed E-state index contributed by atoms with van der Waals surface area (Å²) in [6, 6.07) is 11.9. The molecule has 0 aliphatic carbocycles. The molecule has 6 heteroatoms. The van der Waals surface area contributed by atoms with E-state index in [0.29, 0.717) is 16.9 Å². The van der Waals surface area contributed by atoms with Crippen molar-refractivity contribution in [2.24, 2.45) is 0 Å². The minimum Gasteiger partial charge on any atom is -0.478 e. The Balaban J connectivity index is 2.02. The van der Waals surface area contributed by atoms with Gasteiger partial charge in [0.2, 0.25) is 0 Å². The molecule has 0 atom stereocenters. The van der Waals surface area contributed by atoms with E-state index in [1.54, 1.807) is 36.4 Å². The maximum atomic E-state index is 11.8. The van der Waals surface area contributed by atoms with E-state index in [9.17, 15) is 14.4 Å². The van der Waals surface area contributed by atoms with Crippen LogP contribution in [0.4, 0.5) is 16.2 Å². The summed E-state index contributed by atoms with van der Waals surface area (Å²) in [6.45, 7) is 1.46. The van der Waals surface area contributed by atoms with Gasteiger partial charge in [0.1, 0.15) is 0 Å². The van der Waals surface area contributed by atoms with E-state index < -0.39 is 12.0 Å². The zero-order chi connectivity index (χ0) is 16.1. The van der Waals surface area contributed by atoms with Crippen LogP contribution in [0.25, 0.3) is 0 Å². The predicted molar refractivity (Wildman–Crippen MR) is 82.5 cm³/mol. The molecule has 0 aliphatic rings. The van der Waals surface area contributed by atoms with Crippen LogP contribution in [-0.4, -0.2) is 22.9 Å². The molecule has 0 aliphatic heterocycles. The molecule has 0 spiro atoms. The highest BCUT2D eigenvalue weighted by Crippen LogP contribution is 2.13. The third-order valence-corrected chi connectivity index (χ3v) is 2.92. The van der Waals surface area contributed by atoms with Crippen LogP contribution in [0, 0.1) is 0 Å². The molecule has 2 amide bonds. The summed E-state index contributed by atoms with van der Waals surface area (Å²) in [7, 11) is 0. The van der Waals surface area contributed by atoms with Crippen molar-refractivity contribution in [3.8, 4) is 0 Å². The molecule has 2 aromatic rings. The average molecular weight is 298 g/mol. The number of nitrogens with one attached hydrogen (secondary N) is 2. The highest BCUT2D eigenvalue weighted by molar-refractivity contribution is 6.01. The minimum atomic E-state index is -1.07. The summed E-state index contributed by atoms with van der Waals surface area (Å²) in [5, 5.41) is 14.0. The number of carboxylic acids is 1. The van der Waals surface area contributed by atoms with Gasteiger partial charge in [-0.25, -0.2) is 9.59 Å². The highest BCUT2D eigenvalue weighted by Gasteiger charge is 2.07. The first kappa shape index (κ1) is 15.2. The molecule has 0 fully saturated rings. The van der Waals surface area contributed by atoms with E-state index in [1.165, 1.54) is 19.1 Å². The number of anilines is 2. The Bertz CT molecular complexity index is 723. The SMILES string of the molecule is CC(=O)c1ccc(NC(=O)Nc2cccc(C(=O)O)c2)cc1. The largest absolute Gasteiger partial charge is 0.478 e. The number of carbonyl (C=O) groups excluding carboxylic acids is 2. The van der Waals surface area contributed by atoms with Gasteiger partial charge in [-0.3, -0.25) is 4.79 Å². The molecule has 22 heavy (non-hydrogen) atoms. The summed E-state index contributed by atoms with van der Waals surface area (Å²) in [5.74, 6) is -1.12. The molecule has 0 aromatic heterocycles. The number of carbonyl (C=O) groups is 3. The Labute approximate surface area is 126 Å². The summed E-state index contributed by atoms with van der Waals surface area (Å²) in [4.78, 5) is 33.9. The van der Waals surface area contributed by atoms with Gasteiger partial charge < -0.3 is 15.7 Å². The second-order valence-electron chi connectivity index (χ2n) is 4.60. The van der Waals surface area contributed by atoms with Crippen molar-refractivity contribution in [3.63, 3.8) is 0 Å². The molecule has 0 saturated carbocycles. The smallest absolute Gasteiger partial charge is 0.335 e. The molecule has 0 heterocycles. The van der Waals surface area contributed by atoms with Crippen molar-refractivity contribution in [2.45, 2.75) is 6.92 Å². The first-order valence-corrected chi connectivity index (χ1v) is 6.48. The Morgan fingerprint density at radius 1 is 0.864 bits per heavy atom. The van der Waals surface area contributed by atoms with Crippen molar-refractivity contribution in [1.82, 2.24) is 0 Å². The van der Waals surface area contributed by atoms with Gasteiger partial charge in [-0.2, -0.15) is 0 Å². The lowest BCUT2D eigenvalue weighted by Crippen LogP contribution is -2.19. The fourth-order valence-corrected chi connectivity index (χ4v) is 1.81. The zero-order valence-corrected chi connectivity index (χ0v) is 11.8. The average Bonchev–Trinajstić information content (AvgIpc) is 2.47. The molecule has 2 rings (SSSR count). The number of amides is 2. The first-order valence-electron chi connectivity index (χ1n) is 6.48. The van der Waals surface area contributed by atoms with E-state index >= 15 is 0 Å². The van der Waals surface area contributed by atoms with Gasteiger partial charge in [0.05, 0.1) is 5.56 Å². The van der Waals surface area contributed by atoms with Crippen LogP contribution in [0.2, 0.25) is 0 Å². The topological polar surface area (TPSA) is 95.5 Å². The number of carboxylic acid groups (broad SMARTS) is 1. The standard InChI is InChI=1S/C16H14N2O4/c1-10(19)11-5-7-13(8-6-11)17-16(22)18-14-4-2-3-12(9-14)15(20)21/h2-9H,1H3,(H,20,21)(H2,17,18,22). The Kier molecular flexibility index (Phi) is 4.53. The van der Waals surface area contributed by atoms with E-state index in [4.69, 9.17) is 5.11 Å². The van der Waals surface area contributed by atoms with Crippen LogP contribution in [0.3, 0.4) is 0 Å². The van der Waals surface area contributed by atoms with Crippen molar-refractivity contribution in [3.05, 3.63) is 59.7 Å². The molecule has 0 saturated heterocycles. The van der Waals surface area contributed by atoms with Crippen molar-refractivity contribution in [2.75, 3.05) is 10.6 Å². The van der Waals surface area contributed by atoms with E-state index in [2.05, 4.69) is 10.6 Å². The summed E-state index contributed by atoms with van der Waals surface area (Å²) < 4.78 is 0. The lowest BCUT2D eigenvalue weighted by atomic mass is 10.1. The van der Waals surface area contributed by atoms with Crippen molar-refractivity contribution in [1.29, 1.82) is 0 Å². The molecule has 3 N–H and O–H groups in total. The van der Waals surface area contributed by atoms with Crippen LogP contribution >= 0.6 is 0 Å². The molecule has 0 unspecified atom stereocenters. The maximum absolute atomic E-state index is 11.8. The monoisotopic (exact) mass is 298 g/mol. The van der Waals surface area contributed by atoms with Crippen LogP contribution in [0.5, 0.6) is 0 Å². The van der Waals surface area contributed by atoms with E-state index in [0.717, 1.165) is 0 Å². The van der Waals surface area contributed by atoms with Gasteiger partial charge in [-0.05, 0) is 49.4 Å². The van der Waals surface area contributed by atoms with Gasteiger partial charge in [-0.15, -0.1) is 0 Å². The van der Waals surface area contributed by atoms with E-state index in [1.807, 2.05) is 0 Å². The van der Waals surface area contributed by atoms with Gasteiger partial charge in [0, 0.05) is 16.9 Å². The number of benzene rings is 2. The van der Waals surface area contributed by atoms with Gasteiger partial charge in [-0.1, -0.05) is 6.07 Å². The van der Waals surface area contributed by atoms with Crippen molar-refractivity contribution >= 4 is 29.2 Å². The van der Waals surface area contributed by atoms with Gasteiger partial charge >= 0.3 is 12.0 Å². The molecule has 112 valence electrons. The quantitative estimate of drug-likeness (QED) is 0.755. The maximum Gasteiger partial charge on any atom is 0.335 e. The van der Waals surface area contributed by atoms with Crippen LogP contribution in [0.15, 0.2) is 48.5 Å². The Morgan fingerprint density at radius 2 is 1.50 bits per heavy atom. The van der Waals surface area contributed by atoms with Crippen LogP contribution in [0.1, 0.15) is 27.6 Å². The Morgan fingerprint density at radius 3 is 2.09 bits per heavy atom. The second kappa shape index (κ2) is 6.53. The highest BCUT2D eigenvalue weighted by atomic mass is 16.4. The molecule has 6 nitrogen and oxygen atoms in total. The molecule has 0 radical (unpaired) electrons. The van der Waals surface area contributed by atoms with Crippen LogP contribution in [-0.2, 0) is 0 Å². The number of aromatic carboxylic acids is 1. The second-order valence-corrected chi connectivity index (χ2v) is 4.60. The Hall–Kier alpha value is -3.15. The summed E-state index contributed by atoms with van der Waals surface area (Å²) in [5.41, 5.74) is 1.54. The predicted octanol–water partition coefficient (Wildman–Crippen LogP) is 3.23. The molecule has 0 bridgehead atoms. The van der Waals surface area contributed by atoms with Gasteiger partial charge in [0.25, 0.3) is 0 Å². The summed E-state index contributed by atoms with van der Waals surface area (Å²) in [6.07, 6.45) is 0. The fraction of sp³-hybridized carbons (Fsp3) is 0.0625. The van der Waals surface area contributed by atoms with Crippen LogP contribution < -0.4 is 10.6 Å². The minimum absolute atomic E-state index is 0.0542. The molecular formula is C16H14N2O4. The number of hydrogen-bond acceptors (Lipinski definition) is 3. The van der Waals surface area contributed by atoms with E-state index in [-0.39, 0.29) is 11.3 Å². The summed E-state index contributed by atoms with van der Waals surface area (Å²) >= 11 is 0. The third-order valence-electron chi connectivity index (χ3n) is 2.92. The van der Waals surface area contributed by atoms with Gasteiger partial charge in [0.15, 0.2) is 5.78 Å². The first-order chi connectivity index (χ1) is 10.5. The zero-order valence-electron chi connectivity index (χ0n) is 11.8. The molecule has 2 aromatic carbocycles. The fourth-order valence-electron chi connectivity index (χ4n) is 1.81. The van der Waals surface area contributed by atoms with Crippen molar-refractivity contribution < 1.29 is 19.5 Å². The lowest BCUT2D eigenvalue weighted by Gasteiger charge is -2.08. The normalized spacial score (nSPS) is 9.86. The number of ketones is 1. The number of rotatable bonds is 4. The third kappa shape index (κ3) is 3.92.